The molecule has 0 aromatic rings. The highest BCUT2D eigenvalue weighted by atomic mass is 19.4. The SMILES string of the molecule is CC(C)C(OC(=O)N(C)C)C1CCC2C(CC3C4CCC5C(C)(C)C(OC(=O)NC6CN(CC(F)(F)F)C6)CCC56CC46CCC23C)O1. The molecule has 0 radical (unpaired) electrons. The van der Waals surface area contributed by atoms with Gasteiger partial charge in [0.15, 0.2) is 0 Å². The second kappa shape index (κ2) is 11.6. The molecule has 5 aliphatic carbocycles. The van der Waals surface area contributed by atoms with Gasteiger partial charge >= 0.3 is 18.4 Å². The van der Waals surface area contributed by atoms with Crippen molar-refractivity contribution in [2.24, 2.45) is 51.2 Å². The molecule has 7 fully saturated rings. The van der Waals surface area contributed by atoms with Crippen molar-refractivity contribution in [1.29, 1.82) is 0 Å². The molecule has 5 saturated carbocycles. The molecule has 2 heterocycles. The number of nitrogens with zero attached hydrogens (tertiary/aromatic N) is 2. The number of rotatable bonds is 6. The van der Waals surface area contributed by atoms with Crippen LogP contribution >= 0.6 is 0 Å². The van der Waals surface area contributed by atoms with Crippen molar-refractivity contribution < 1.29 is 37.0 Å². The highest BCUT2D eigenvalue weighted by Crippen LogP contribution is 2.87. The van der Waals surface area contributed by atoms with Crippen LogP contribution in [0.4, 0.5) is 22.8 Å². The number of carbonyl (C=O) groups is 2. The van der Waals surface area contributed by atoms with Crippen molar-refractivity contribution in [3.8, 4) is 0 Å². The summed E-state index contributed by atoms with van der Waals surface area (Å²) in [6.45, 7) is 10.8. The second-order valence-corrected chi connectivity index (χ2v) is 18.4. The molecular formula is C37H58F3N3O5. The third-order valence-corrected chi connectivity index (χ3v) is 15.1. The number of carbonyl (C=O) groups excluding carboxylic acids is 2. The van der Waals surface area contributed by atoms with E-state index in [0.29, 0.717) is 34.5 Å². The Hall–Kier alpha value is -1.75. The Balaban J connectivity index is 0.993. The van der Waals surface area contributed by atoms with Crippen molar-refractivity contribution in [3.05, 3.63) is 0 Å². The van der Waals surface area contributed by atoms with E-state index in [1.165, 1.54) is 35.5 Å². The van der Waals surface area contributed by atoms with Crippen molar-refractivity contribution in [1.82, 2.24) is 15.1 Å². The number of alkyl halides is 3. The number of fused-ring (bicyclic) bond motifs is 4. The third-order valence-electron chi connectivity index (χ3n) is 15.1. The van der Waals surface area contributed by atoms with Crippen LogP contribution in [0.5, 0.6) is 0 Å². The molecule has 48 heavy (non-hydrogen) atoms. The summed E-state index contributed by atoms with van der Waals surface area (Å²) in [6.07, 6.45) is 5.97. The summed E-state index contributed by atoms with van der Waals surface area (Å²) >= 11 is 0. The van der Waals surface area contributed by atoms with Gasteiger partial charge in [-0.05, 0) is 110 Å². The molecule has 2 amide bonds. The van der Waals surface area contributed by atoms with Crippen LogP contribution in [0.3, 0.4) is 0 Å². The van der Waals surface area contributed by atoms with Gasteiger partial charge in [0.25, 0.3) is 0 Å². The molecule has 11 heteroatoms. The summed E-state index contributed by atoms with van der Waals surface area (Å²) in [7, 11) is 3.45. The van der Waals surface area contributed by atoms with Gasteiger partial charge in [0.1, 0.15) is 12.2 Å². The van der Waals surface area contributed by atoms with E-state index < -0.39 is 18.8 Å². The van der Waals surface area contributed by atoms with E-state index in [1.54, 1.807) is 14.1 Å². The number of nitrogens with one attached hydrogen (secondary N) is 1. The van der Waals surface area contributed by atoms with Crippen LogP contribution in [0.15, 0.2) is 0 Å². The predicted molar refractivity (Wildman–Crippen MR) is 174 cm³/mol. The standard InChI is InChI=1S/C37H58F3N3O5/c1-21(2)30(48-32(45)42(6)7)26-10-8-24-27(46-26)16-25-23-9-11-28-33(3,4)29(12-13-36(28)19-35(23,36)15-14-34(24,25)5)47-31(44)41-22-17-43(18-22)20-37(38,39)40/h21-30H,8-20H2,1-7H3,(H,41,44). The monoisotopic (exact) mass is 681 g/mol. The molecule has 2 aliphatic heterocycles. The van der Waals surface area contributed by atoms with Gasteiger partial charge in [0.2, 0.25) is 0 Å². The van der Waals surface area contributed by atoms with E-state index in [2.05, 4.69) is 39.9 Å². The predicted octanol–water partition coefficient (Wildman–Crippen LogP) is 7.26. The average molecular weight is 682 g/mol. The largest absolute Gasteiger partial charge is 0.446 e. The fourth-order valence-corrected chi connectivity index (χ4v) is 12.9. The van der Waals surface area contributed by atoms with E-state index in [1.807, 2.05) is 0 Å². The Morgan fingerprint density at radius 3 is 2.33 bits per heavy atom. The number of halogens is 3. The van der Waals surface area contributed by atoms with Crippen molar-refractivity contribution in [3.63, 3.8) is 0 Å². The van der Waals surface area contributed by atoms with Crippen molar-refractivity contribution in [2.45, 2.75) is 135 Å². The third kappa shape index (κ3) is 5.45. The van der Waals surface area contributed by atoms with Crippen LogP contribution in [0.25, 0.3) is 0 Å². The fourth-order valence-electron chi connectivity index (χ4n) is 12.9. The zero-order valence-electron chi connectivity index (χ0n) is 30.0. The summed E-state index contributed by atoms with van der Waals surface area (Å²) in [5, 5.41) is 2.83. The molecule has 2 spiro atoms. The summed E-state index contributed by atoms with van der Waals surface area (Å²) in [6, 6.07) is -0.296. The first-order valence-electron chi connectivity index (χ1n) is 18.7. The van der Waals surface area contributed by atoms with Gasteiger partial charge in [0, 0.05) is 32.6 Å². The van der Waals surface area contributed by atoms with E-state index in [0.717, 1.165) is 38.5 Å². The molecule has 8 nitrogen and oxygen atoms in total. The van der Waals surface area contributed by atoms with Crippen LogP contribution < -0.4 is 5.32 Å². The van der Waals surface area contributed by atoms with Crippen molar-refractivity contribution in [2.75, 3.05) is 33.7 Å². The maximum Gasteiger partial charge on any atom is 0.409 e. The van der Waals surface area contributed by atoms with Gasteiger partial charge in [-0.2, -0.15) is 13.2 Å². The maximum absolute atomic E-state index is 12.9. The van der Waals surface area contributed by atoms with E-state index in [4.69, 9.17) is 14.2 Å². The minimum Gasteiger partial charge on any atom is -0.446 e. The van der Waals surface area contributed by atoms with Crippen LogP contribution in [-0.4, -0.2) is 92.3 Å². The maximum atomic E-state index is 12.9. The van der Waals surface area contributed by atoms with Gasteiger partial charge in [-0.3, -0.25) is 4.90 Å². The van der Waals surface area contributed by atoms with Crippen molar-refractivity contribution >= 4 is 12.2 Å². The van der Waals surface area contributed by atoms with Gasteiger partial charge in [0.05, 0.1) is 24.8 Å². The summed E-state index contributed by atoms with van der Waals surface area (Å²) in [5.74, 6) is 2.56. The molecule has 11 unspecified atom stereocenters. The number of likely N-dealkylation sites (tertiary alicyclic amines) is 1. The molecular weight excluding hydrogens is 623 g/mol. The zero-order valence-corrected chi connectivity index (χ0v) is 30.0. The highest BCUT2D eigenvalue weighted by molar-refractivity contribution is 5.68. The Morgan fingerprint density at radius 1 is 0.958 bits per heavy atom. The molecule has 0 aromatic carbocycles. The quantitative estimate of drug-likeness (QED) is 0.318. The number of hydrogen-bond acceptors (Lipinski definition) is 6. The number of amides is 2. The Bertz CT molecular complexity index is 1270. The van der Waals surface area contributed by atoms with Crippen LogP contribution in [0.2, 0.25) is 0 Å². The minimum absolute atomic E-state index is 0.0627. The van der Waals surface area contributed by atoms with Gasteiger partial charge in [-0.15, -0.1) is 0 Å². The molecule has 0 bridgehead atoms. The molecule has 7 aliphatic rings. The molecule has 11 atom stereocenters. The van der Waals surface area contributed by atoms with E-state index in [9.17, 15) is 22.8 Å². The Labute approximate surface area is 284 Å². The zero-order chi connectivity index (χ0) is 34.6. The molecule has 2 saturated heterocycles. The van der Waals surface area contributed by atoms with Gasteiger partial charge in [-0.25, -0.2) is 9.59 Å². The number of ether oxygens (including phenoxy) is 3. The lowest BCUT2D eigenvalue weighted by Crippen LogP contribution is -2.61. The average Bonchev–Trinajstić information content (AvgIpc) is 3.55. The first-order chi connectivity index (χ1) is 22.4. The van der Waals surface area contributed by atoms with Crippen LogP contribution in [0, 0.1) is 51.2 Å². The van der Waals surface area contributed by atoms with Crippen LogP contribution in [-0.2, 0) is 14.2 Å². The second-order valence-electron chi connectivity index (χ2n) is 18.4. The number of alkyl carbamates (subject to hydrolysis) is 1. The number of hydrogen-bond donors (Lipinski definition) is 1. The fraction of sp³-hybridized carbons (Fsp3) is 0.946. The molecule has 0 aromatic heterocycles. The molecule has 272 valence electrons. The lowest BCUT2D eigenvalue weighted by atomic mass is 9.46. The van der Waals surface area contributed by atoms with E-state index >= 15 is 0 Å². The lowest BCUT2D eigenvalue weighted by molar-refractivity contribution is -0.156. The topological polar surface area (TPSA) is 80.3 Å². The summed E-state index contributed by atoms with van der Waals surface area (Å²) in [4.78, 5) is 28.2. The highest BCUT2D eigenvalue weighted by Gasteiger charge is 2.81. The van der Waals surface area contributed by atoms with Crippen LogP contribution in [0.1, 0.15) is 98.8 Å². The minimum atomic E-state index is -4.22. The first-order valence-corrected chi connectivity index (χ1v) is 18.7. The molecule has 7 rings (SSSR count). The Kier molecular flexibility index (Phi) is 8.41. The lowest BCUT2D eigenvalue weighted by Gasteiger charge is -2.59. The molecule has 1 N–H and O–H groups in total. The first kappa shape index (κ1) is 34.7. The summed E-state index contributed by atoms with van der Waals surface area (Å²) < 4.78 is 57.0. The smallest absolute Gasteiger partial charge is 0.409 e. The Morgan fingerprint density at radius 2 is 1.67 bits per heavy atom. The normalized spacial score (nSPS) is 43.8. The van der Waals surface area contributed by atoms with E-state index in [-0.39, 0.29) is 66.4 Å². The van der Waals surface area contributed by atoms with Gasteiger partial charge < -0.3 is 24.4 Å². The van der Waals surface area contributed by atoms with Gasteiger partial charge in [-0.1, -0.05) is 34.6 Å². The summed E-state index contributed by atoms with van der Waals surface area (Å²) in [5.41, 5.74) is 0.792.